The van der Waals surface area contributed by atoms with E-state index in [1.54, 1.807) is 20.0 Å². The lowest BCUT2D eigenvalue weighted by molar-refractivity contribution is 0.0935. The van der Waals surface area contributed by atoms with Gasteiger partial charge in [0.1, 0.15) is 9.71 Å². The highest BCUT2D eigenvalue weighted by Crippen LogP contribution is 2.34. The van der Waals surface area contributed by atoms with Crippen LogP contribution in [0.15, 0.2) is 12.3 Å². The Morgan fingerprint density at radius 3 is 2.84 bits per heavy atom. The number of nitrogen functional groups attached to an aromatic ring is 1. The highest BCUT2D eigenvalue weighted by atomic mass is 32.1. The van der Waals surface area contributed by atoms with E-state index >= 15 is 0 Å². The molecule has 1 amide bonds. The monoisotopic (exact) mass is 273 g/mol. The number of aromatic nitrogens is 1. The van der Waals surface area contributed by atoms with Crippen LogP contribution in [0, 0.1) is 19.3 Å². The van der Waals surface area contributed by atoms with Crippen molar-refractivity contribution in [3.8, 4) is 12.3 Å². The normalized spacial score (nSPS) is 11.3. The van der Waals surface area contributed by atoms with Crippen molar-refractivity contribution in [1.29, 1.82) is 0 Å². The Morgan fingerprint density at radius 2 is 2.26 bits per heavy atom. The maximum Gasteiger partial charge on any atom is 0.264 e. The summed E-state index contributed by atoms with van der Waals surface area (Å²) in [5.41, 5.74) is 6.83. The molecule has 5 heteroatoms. The van der Waals surface area contributed by atoms with Gasteiger partial charge in [0.05, 0.1) is 11.2 Å². The molecule has 0 spiro atoms. The number of rotatable bonds is 2. The van der Waals surface area contributed by atoms with Gasteiger partial charge in [-0.2, -0.15) is 0 Å². The van der Waals surface area contributed by atoms with E-state index in [9.17, 15) is 4.79 Å². The molecule has 19 heavy (non-hydrogen) atoms. The summed E-state index contributed by atoms with van der Waals surface area (Å²) in [4.78, 5) is 17.7. The quantitative estimate of drug-likeness (QED) is 0.825. The second-order valence-corrected chi connectivity index (χ2v) is 5.88. The molecule has 0 aliphatic rings. The summed E-state index contributed by atoms with van der Waals surface area (Å²) in [6.45, 7) is 5.47. The van der Waals surface area contributed by atoms with Crippen molar-refractivity contribution in [3.05, 3.63) is 22.7 Å². The predicted octanol–water partition coefficient (Wildman–Crippen LogP) is 2.33. The third-order valence-corrected chi connectivity index (χ3v) is 3.94. The predicted molar refractivity (Wildman–Crippen MR) is 79.1 cm³/mol. The Balaban J connectivity index is 2.48. The zero-order valence-corrected chi connectivity index (χ0v) is 11.9. The van der Waals surface area contributed by atoms with E-state index in [-0.39, 0.29) is 5.91 Å². The van der Waals surface area contributed by atoms with Crippen LogP contribution < -0.4 is 11.1 Å². The number of carbonyl (C=O) groups excluding carboxylic acids is 1. The topological polar surface area (TPSA) is 68.0 Å². The highest BCUT2D eigenvalue weighted by molar-refractivity contribution is 7.21. The number of nitrogens with two attached hydrogens (primary N) is 1. The molecule has 0 radical (unpaired) electrons. The first-order chi connectivity index (χ1) is 8.85. The summed E-state index contributed by atoms with van der Waals surface area (Å²) in [5, 5.41) is 3.61. The third-order valence-electron chi connectivity index (χ3n) is 2.83. The molecule has 0 aliphatic heterocycles. The number of anilines is 1. The molecule has 4 nitrogen and oxygen atoms in total. The molecule has 2 aromatic rings. The summed E-state index contributed by atoms with van der Waals surface area (Å²) in [6, 6.07) is 1.87. The van der Waals surface area contributed by atoms with Crippen LogP contribution in [0.3, 0.4) is 0 Å². The average Bonchev–Trinajstić information content (AvgIpc) is 2.68. The van der Waals surface area contributed by atoms with Gasteiger partial charge in [-0.05, 0) is 32.4 Å². The van der Waals surface area contributed by atoms with Crippen molar-refractivity contribution < 1.29 is 4.79 Å². The maximum absolute atomic E-state index is 12.2. The van der Waals surface area contributed by atoms with E-state index in [2.05, 4.69) is 16.2 Å². The number of fused-ring (bicyclic) bond motifs is 1. The first-order valence-corrected chi connectivity index (χ1v) is 6.61. The lowest BCUT2D eigenvalue weighted by Gasteiger charge is -2.19. The average molecular weight is 273 g/mol. The second kappa shape index (κ2) is 4.56. The molecule has 3 N–H and O–H groups in total. The summed E-state index contributed by atoms with van der Waals surface area (Å²) in [7, 11) is 0. The molecule has 2 rings (SSSR count). The molecule has 0 bridgehead atoms. The third kappa shape index (κ3) is 2.40. The van der Waals surface area contributed by atoms with Crippen LogP contribution >= 0.6 is 11.3 Å². The van der Waals surface area contributed by atoms with Gasteiger partial charge in [-0.3, -0.25) is 4.79 Å². The SMILES string of the molecule is C#CC(C)(C)NC(=O)c1sc2nccc(C)c2c1N. The standard InChI is InChI=1S/C14H15N3OS/c1-5-14(3,4)17-12(18)11-10(15)9-8(2)6-7-16-13(9)19-11/h1,6-7H,15H2,2-4H3,(H,17,18). The molecule has 2 aromatic heterocycles. The van der Waals surface area contributed by atoms with E-state index in [1.807, 2.05) is 13.0 Å². The van der Waals surface area contributed by atoms with Crippen LogP contribution in [0.1, 0.15) is 29.1 Å². The van der Waals surface area contributed by atoms with E-state index in [0.717, 1.165) is 15.8 Å². The van der Waals surface area contributed by atoms with E-state index < -0.39 is 5.54 Å². The Bertz CT molecular complexity index is 695. The minimum Gasteiger partial charge on any atom is -0.397 e. The molecule has 0 aliphatic carbocycles. The van der Waals surface area contributed by atoms with E-state index in [0.29, 0.717) is 10.6 Å². The van der Waals surface area contributed by atoms with Gasteiger partial charge in [-0.15, -0.1) is 17.8 Å². The fourth-order valence-corrected chi connectivity index (χ4v) is 2.78. The van der Waals surface area contributed by atoms with Crippen LogP contribution in [0.4, 0.5) is 5.69 Å². The number of hydrogen-bond acceptors (Lipinski definition) is 4. The van der Waals surface area contributed by atoms with Gasteiger partial charge in [0.15, 0.2) is 0 Å². The maximum atomic E-state index is 12.2. The van der Waals surface area contributed by atoms with E-state index in [1.165, 1.54) is 11.3 Å². The molecular formula is C14H15N3OS. The van der Waals surface area contributed by atoms with Gasteiger partial charge < -0.3 is 11.1 Å². The van der Waals surface area contributed by atoms with Crippen molar-refractivity contribution in [2.24, 2.45) is 0 Å². The van der Waals surface area contributed by atoms with Crippen molar-refractivity contribution in [2.75, 3.05) is 5.73 Å². The number of amides is 1. The Labute approximate surface area is 116 Å². The first kappa shape index (κ1) is 13.4. The zero-order chi connectivity index (χ0) is 14.2. The Morgan fingerprint density at radius 1 is 1.58 bits per heavy atom. The Kier molecular flexibility index (Phi) is 3.21. The molecule has 0 unspecified atom stereocenters. The summed E-state index contributed by atoms with van der Waals surface area (Å²) in [6.07, 6.45) is 7.07. The molecule has 0 saturated carbocycles. The molecule has 0 aromatic carbocycles. The summed E-state index contributed by atoms with van der Waals surface area (Å²) < 4.78 is 0. The first-order valence-electron chi connectivity index (χ1n) is 5.79. The summed E-state index contributed by atoms with van der Waals surface area (Å²) >= 11 is 1.28. The number of thiophene rings is 1. The van der Waals surface area contributed by atoms with Crippen molar-refractivity contribution in [3.63, 3.8) is 0 Å². The minimum atomic E-state index is -0.706. The number of aryl methyl sites for hydroxylation is 1. The number of terminal acetylenes is 1. The van der Waals surface area contributed by atoms with E-state index in [4.69, 9.17) is 12.2 Å². The van der Waals surface area contributed by atoms with Crippen molar-refractivity contribution in [2.45, 2.75) is 26.3 Å². The molecular weight excluding hydrogens is 258 g/mol. The number of carbonyl (C=O) groups is 1. The number of pyridine rings is 1. The van der Waals surface area contributed by atoms with Gasteiger partial charge >= 0.3 is 0 Å². The molecule has 0 fully saturated rings. The second-order valence-electron chi connectivity index (χ2n) is 4.88. The lowest BCUT2D eigenvalue weighted by atomic mass is 10.1. The molecule has 0 saturated heterocycles. The minimum absolute atomic E-state index is 0.261. The summed E-state index contributed by atoms with van der Waals surface area (Å²) in [5.74, 6) is 2.26. The van der Waals surface area contributed by atoms with Gasteiger partial charge in [-0.25, -0.2) is 4.98 Å². The van der Waals surface area contributed by atoms with Crippen LogP contribution in [0.25, 0.3) is 10.2 Å². The van der Waals surface area contributed by atoms with Gasteiger partial charge in [0, 0.05) is 11.6 Å². The fourth-order valence-electron chi connectivity index (χ4n) is 1.75. The Hall–Kier alpha value is -2.06. The molecule has 98 valence electrons. The number of nitrogens with zero attached hydrogens (tertiary/aromatic N) is 1. The van der Waals surface area contributed by atoms with Crippen LogP contribution in [0.5, 0.6) is 0 Å². The van der Waals surface area contributed by atoms with Gasteiger partial charge in [0.25, 0.3) is 5.91 Å². The number of nitrogens with one attached hydrogen (secondary N) is 1. The highest BCUT2D eigenvalue weighted by Gasteiger charge is 2.23. The number of hydrogen-bond donors (Lipinski definition) is 2. The largest absolute Gasteiger partial charge is 0.397 e. The lowest BCUT2D eigenvalue weighted by Crippen LogP contribution is -2.41. The molecule has 0 atom stereocenters. The fraction of sp³-hybridized carbons (Fsp3) is 0.286. The van der Waals surface area contributed by atoms with Gasteiger partial charge in [0.2, 0.25) is 0 Å². The molecule has 2 heterocycles. The van der Waals surface area contributed by atoms with Gasteiger partial charge in [-0.1, -0.05) is 5.92 Å². The van der Waals surface area contributed by atoms with Crippen LogP contribution in [-0.4, -0.2) is 16.4 Å². The zero-order valence-electron chi connectivity index (χ0n) is 11.1. The van der Waals surface area contributed by atoms with Crippen molar-refractivity contribution in [1.82, 2.24) is 10.3 Å². The smallest absolute Gasteiger partial charge is 0.264 e. The van der Waals surface area contributed by atoms with Crippen LogP contribution in [0.2, 0.25) is 0 Å². The van der Waals surface area contributed by atoms with Crippen LogP contribution in [-0.2, 0) is 0 Å². The van der Waals surface area contributed by atoms with Crippen molar-refractivity contribution >= 4 is 33.1 Å².